The van der Waals surface area contributed by atoms with Crippen LogP contribution in [0, 0.1) is 5.92 Å². The molecule has 0 bridgehead atoms. The Kier molecular flexibility index (Phi) is 5.33. The van der Waals surface area contributed by atoms with E-state index in [1.54, 1.807) is 0 Å². The van der Waals surface area contributed by atoms with Crippen LogP contribution in [0.15, 0.2) is 35.3 Å². The number of piperazine rings is 1. The van der Waals surface area contributed by atoms with Gasteiger partial charge in [-0.25, -0.2) is 0 Å². The van der Waals surface area contributed by atoms with E-state index in [1.807, 2.05) is 0 Å². The van der Waals surface area contributed by atoms with Gasteiger partial charge in [0, 0.05) is 45.8 Å². The number of nitrogens with one attached hydrogen (secondary N) is 1. The highest BCUT2D eigenvalue weighted by atomic mass is 15.3. The van der Waals surface area contributed by atoms with Gasteiger partial charge in [-0.1, -0.05) is 30.3 Å². The largest absolute Gasteiger partial charge is 0.357 e. The summed E-state index contributed by atoms with van der Waals surface area (Å²) in [6.45, 7) is 9.54. The van der Waals surface area contributed by atoms with Crippen molar-refractivity contribution in [3.05, 3.63) is 35.9 Å². The van der Waals surface area contributed by atoms with E-state index in [2.05, 4.69) is 52.4 Å². The SMILES string of the molecule is CCNC(=NCC1CC1)N1CCN(Cc2ccccc2)CC1. The van der Waals surface area contributed by atoms with Crippen molar-refractivity contribution in [3.63, 3.8) is 0 Å². The van der Waals surface area contributed by atoms with Crippen LogP contribution in [0.25, 0.3) is 0 Å². The van der Waals surface area contributed by atoms with Gasteiger partial charge in [0.2, 0.25) is 0 Å². The van der Waals surface area contributed by atoms with Gasteiger partial charge in [-0.05, 0) is 31.2 Å². The second-order valence-corrected chi connectivity index (χ2v) is 6.39. The van der Waals surface area contributed by atoms with Crippen LogP contribution < -0.4 is 5.32 Å². The highest BCUT2D eigenvalue weighted by Crippen LogP contribution is 2.28. The van der Waals surface area contributed by atoms with Crippen LogP contribution in [0.4, 0.5) is 0 Å². The lowest BCUT2D eigenvalue weighted by Crippen LogP contribution is -2.52. The number of rotatable bonds is 5. The van der Waals surface area contributed by atoms with Crippen molar-refractivity contribution in [1.29, 1.82) is 0 Å². The highest BCUT2D eigenvalue weighted by molar-refractivity contribution is 5.80. The zero-order chi connectivity index (χ0) is 15.2. The monoisotopic (exact) mass is 300 g/mol. The lowest BCUT2D eigenvalue weighted by Gasteiger charge is -2.36. The summed E-state index contributed by atoms with van der Waals surface area (Å²) in [6.07, 6.45) is 2.74. The summed E-state index contributed by atoms with van der Waals surface area (Å²) in [6, 6.07) is 10.8. The van der Waals surface area contributed by atoms with Crippen molar-refractivity contribution in [2.45, 2.75) is 26.3 Å². The molecular weight excluding hydrogens is 272 g/mol. The maximum absolute atomic E-state index is 4.82. The molecule has 2 aliphatic rings. The van der Waals surface area contributed by atoms with Gasteiger partial charge < -0.3 is 10.2 Å². The molecular formula is C18H28N4. The molecule has 1 aliphatic carbocycles. The number of aliphatic imine (C=N–C) groups is 1. The molecule has 0 radical (unpaired) electrons. The van der Waals surface area contributed by atoms with Gasteiger partial charge in [0.05, 0.1) is 0 Å². The molecule has 2 fully saturated rings. The molecule has 0 amide bonds. The zero-order valence-corrected chi connectivity index (χ0v) is 13.7. The van der Waals surface area contributed by atoms with Gasteiger partial charge in [0.25, 0.3) is 0 Å². The molecule has 120 valence electrons. The summed E-state index contributed by atoms with van der Waals surface area (Å²) in [4.78, 5) is 9.78. The van der Waals surface area contributed by atoms with E-state index in [4.69, 9.17) is 4.99 Å². The van der Waals surface area contributed by atoms with Crippen LogP contribution in [0.5, 0.6) is 0 Å². The van der Waals surface area contributed by atoms with Gasteiger partial charge in [0.1, 0.15) is 0 Å². The van der Waals surface area contributed by atoms with E-state index in [1.165, 1.54) is 18.4 Å². The lowest BCUT2D eigenvalue weighted by atomic mass is 10.2. The highest BCUT2D eigenvalue weighted by Gasteiger charge is 2.23. The molecule has 1 saturated heterocycles. The van der Waals surface area contributed by atoms with E-state index in [-0.39, 0.29) is 0 Å². The molecule has 0 unspecified atom stereocenters. The topological polar surface area (TPSA) is 30.9 Å². The molecule has 22 heavy (non-hydrogen) atoms. The third kappa shape index (κ3) is 4.47. The first-order valence-corrected chi connectivity index (χ1v) is 8.64. The number of guanidine groups is 1. The van der Waals surface area contributed by atoms with Crippen LogP contribution in [-0.4, -0.2) is 55.0 Å². The maximum atomic E-state index is 4.82. The average molecular weight is 300 g/mol. The number of hydrogen-bond donors (Lipinski definition) is 1. The third-order valence-electron chi connectivity index (χ3n) is 4.45. The molecule has 1 heterocycles. The summed E-state index contributed by atoms with van der Waals surface area (Å²) in [5.41, 5.74) is 1.41. The molecule has 4 nitrogen and oxygen atoms in total. The Bertz CT molecular complexity index is 473. The Balaban J connectivity index is 1.49. The van der Waals surface area contributed by atoms with Crippen molar-refractivity contribution < 1.29 is 0 Å². The molecule has 1 N–H and O–H groups in total. The van der Waals surface area contributed by atoms with Gasteiger partial charge in [-0.15, -0.1) is 0 Å². The molecule has 1 saturated carbocycles. The van der Waals surface area contributed by atoms with Gasteiger partial charge in [-0.3, -0.25) is 9.89 Å². The minimum Gasteiger partial charge on any atom is -0.357 e. The van der Waals surface area contributed by atoms with E-state index in [0.29, 0.717) is 0 Å². The van der Waals surface area contributed by atoms with E-state index in [9.17, 15) is 0 Å². The van der Waals surface area contributed by atoms with Crippen molar-refractivity contribution in [3.8, 4) is 0 Å². The Hall–Kier alpha value is -1.55. The fraction of sp³-hybridized carbons (Fsp3) is 0.611. The first-order chi connectivity index (χ1) is 10.8. The van der Waals surface area contributed by atoms with Crippen LogP contribution in [0.3, 0.4) is 0 Å². The Morgan fingerprint density at radius 1 is 1.14 bits per heavy atom. The third-order valence-corrected chi connectivity index (χ3v) is 4.45. The summed E-state index contributed by atoms with van der Waals surface area (Å²) >= 11 is 0. The van der Waals surface area contributed by atoms with Crippen LogP contribution in [-0.2, 0) is 6.54 Å². The minimum absolute atomic E-state index is 0.855. The molecule has 1 aromatic rings. The standard InChI is InChI=1S/C18H28N4/c1-2-19-18(20-14-16-8-9-16)22-12-10-21(11-13-22)15-17-6-4-3-5-7-17/h3-7,16H,2,8-15H2,1H3,(H,19,20). The van der Waals surface area contributed by atoms with Gasteiger partial charge in [-0.2, -0.15) is 0 Å². The first-order valence-electron chi connectivity index (χ1n) is 8.64. The Morgan fingerprint density at radius 3 is 2.50 bits per heavy atom. The van der Waals surface area contributed by atoms with E-state index >= 15 is 0 Å². The molecule has 1 aliphatic heterocycles. The number of hydrogen-bond acceptors (Lipinski definition) is 2. The maximum Gasteiger partial charge on any atom is 0.194 e. The summed E-state index contributed by atoms with van der Waals surface area (Å²) < 4.78 is 0. The lowest BCUT2D eigenvalue weighted by molar-refractivity contribution is 0.172. The smallest absolute Gasteiger partial charge is 0.194 e. The normalized spacial score (nSPS) is 20.2. The van der Waals surface area contributed by atoms with Gasteiger partial charge >= 0.3 is 0 Å². The van der Waals surface area contributed by atoms with Gasteiger partial charge in [0.15, 0.2) is 5.96 Å². The van der Waals surface area contributed by atoms with Crippen molar-refractivity contribution in [2.24, 2.45) is 10.9 Å². The molecule has 0 atom stereocenters. The average Bonchev–Trinajstić information content (AvgIpc) is 3.38. The fourth-order valence-electron chi connectivity index (χ4n) is 2.90. The molecule has 0 spiro atoms. The second kappa shape index (κ2) is 7.63. The molecule has 1 aromatic carbocycles. The second-order valence-electron chi connectivity index (χ2n) is 6.39. The van der Waals surface area contributed by atoms with Crippen molar-refractivity contribution in [2.75, 3.05) is 39.3 Å². The molecule has 4 heteroatoms. The van der Waals surface area contributed by atoms with Crippen molar-refractivity contribution in [1.82, 2.24) is 15.1 Å². The number of benzene rings is 1. The van der Waals surface area contributed by atoms with Crippen LogP contribution in [0.1, 0.15) is 25.3 Å². The summed E-state index contributed by atoms with van der Waals surface area (Å²) in [7, 11) is 0. The van der Waals surface area contributed by atoms with E-state index < -0.39 is 0 Å². The minimum atomic E-state index is 0.855. The van der Waals surface area contributed by atoms with Crippen LogP contribution in [0.2, 0.25) is 0 Å². The zero-order valence-electron chi connectivity index (χ0n) is 13.7. The molecule has 0 aromatic heterocycles. The number of nitrogens with zero attached hydrogens (tertiary/aromatic N) is 3. The summed E-state index contributed by atoms with van der Waals surface area (Å²) in [5.74, 6) is 1.97. The van der Waals surface area contributed by atoms with Crippen LogP contribution >= 0.6 is 0 Å². The van der Waals surface area contributed by atoms with Crippen molar-refractivity contribution >= 4 is 5.96 Å². The quantitative estimate of drug-likeness (QED) is 0.668. The fourth-order valence-corrected chi connectivity index (χ4v) is 2.90. The Morgan fingerprint density at radius 2 is 1.86 bits per heavy atom. The predicted octanol–water partition coefficient (Wildman–Crippen LogP) is 2.18. The Labute approximate surface area is 134 Å². The predicted molar refractivity (Wildman–Crippen MR) is 92.0 cm³/mol. The van der Waals surface area contributed by atoms with E-state index in [0.717, 1.165) is 57.7 Å². The summed E-state index contributed by atoms with van der Waals surface area (Å²) in [5, 5.41) is 3.46. The first kappa shape index (κ1) is 15.3. The molecule has 3 rings (SSSR count).